The number of anilines is 2. The summed E-state index contributed by atoms with van der Waals surface area (Å²) in [5.74, 6) is -0.902. The lowest BCUT2D eigenvalue weighted by Gasteiger charge is -2.17. The van der Waals surface area contributed by atoms with Crippen molar-refractivity contribution in [3.8, 4) is 0 Å². The summed E-state index contributed by atoms with van der Waals surface area (Å²) in [6.45, 7) is 2.16. The van der Waals surface area contributed by atoms with Gasteiger partial charge in [-0.2, -0.15) is 0 Å². The van der Waals surface area contributed by atoms with Crippen LogP contribution in [0.15, 0.2) is 97.3 Å². The van der Waals surface area contributed by atoms with Crippen molar-refractivity contribution in [2.75, 3.05) is 16.8 Å². The number of hydrogen-bond acceptors (Lipinski definition) is 6. The molecule has 4 N–H and O–H groups in total. The minimum atomic E-state index is -0.467. The Bertz CT molecular complexity index is 1750. The van der Waals surface area contributed by atoms with Crippen molar-refractivity contribution in [2.24, 2.45) is 0 Å². The number of pyridine rings is 1. The molecule has 4 aromatic rings. The molecule has 5 amide bonds. The van der Waals surface area contributed by atoms with Crippen LogP contribution in [0, 0.1) is 0 Å². The smallest absolute Gasteiger partial charge is 0.329 e. The first kappa shape index (κ1) is 27.4. The van der Waals surface area contributed by atoms with Crippen molar-refractivity contribution in [2.45, 2.75) is 19.5 Å². The van der Waals surface area contributed by atoms with Gasteiger partial charge >= 0.3 is 6.03 Å². The van der Waals surface area contributed by atoms with Crippen LogP contribution in [0.5, 0.6) is 0 Å². The number of urea groups is 1. The Hall–Kier alpha value is -5.77. The SMILES string of the molecule is C[C@@H](NC(=O)c1ccc2c(c1)C(=C(NCc1cccc(N3C(=O)CNC3=O)c1)c1cccnc1)C(=O)N2)c1ccccc1. The fourth-order valence-corrected chi connectivity index (χ4v) is 5.19. The lowest BCUT2D eigenvalue weighted by molar-refractivity contribution is -0.116. The second-order valence-electron chi connectivity index (χ2n) is 10.2. The summed E-state index contributed by atoms with van der Waals surface area (Å²) in [4.78, 5) is 56.4. The average Bonchev–Trinajstić information content (AvgIpc) is 3.54. The van der Waals surface area contributed by atoms with E-state index in [1.807, 2.05) is 49.4 Å². The van der Waals surface area contributed by atoms with Crippen molar-refractivity contribution in [1.29, 1.82) is 0 Å². The maximum atomic E-state index is 13.4. The molecule has 10 heteroatoms. The van der Waals surface area contributed by atoms with E-state index in [4.69, 9.17) is 0 Å². The zero-order valence-corrected chi connectivity index (χ0v) is 23.3. The van der Waals surface area contributed by atoms with E-state index in [2.05, 4.69) is 26.3 Å². The molecule has 0 unspecified atom stereocenters. The molecule has 0 bridgehead atoms. The van der Waals surface area contributed by atoms with Crippen LogP contribution < -0.4 is 26.2 Å². The van der Waals surface area contributed by atoms with E-state index in [0.29, 0.717) is 39.3 Å². The second-order valence-corrected chi connectivity index (χ2v) is 10.2. The molecule has 3 aromatic carbocycles. The number of carbonyl (C=O) groups is 4. The average molecular weight is 573 g/mol. The highest BCUT2D eigenvalue weighted by atomic mass is 16.2. The fraction of sp³-hybridized carbons (Fsp3) is 0.121. The summed E-state index contributed by atoms with van der Waals surface area (Å²) >= 11 is 0. The molecule has 3 heterocycles. The Morgan fingerprint density at radius 2 is 1.79 bits per heavy atom. The molecule has 10 nitrogen and oxygen atoms in total. The molecule has 2 aliphatic rings. The predicted molar refractivity (Wildman–Crippen MR) is 163 cm³/mol. The highest BCUT2D eigenvalue weighted by Crippen LogP contribution is 2.37. The lowest BCUT2D eigenvalue weighted by Crippen LogP contribution is -2.30. The van der Waals surface area contributed by atoms with Crippen LogP contribution in [0.1, 0.15) is 45.6 Å². The molecular formula is C33H28N6O4. The highest BCUT2D eigenvalue weighted by molar-refractivity contribution is 6.36. The van der Waals surface area contributed by atoms with E-state index in [0.717, 1.165) is 16.0 Å². The molecule has 1 saturated heterocycles. The molecule has 0 spiro atoms. The van der Waals surface area contributed by atoms with E-state index in [9.17, 15) is 19.2 Å². The Labute approximate surface area is 247 Å². The topological polar surface area (TPSA) is 133 Å². The van der Waals surface area contributed by atoms with Crippen molar-refractivity contribution in [1.82, 2.24) is 20.9 Å². The fourth-order valence-electron chi connectivity index (χ4n) is 5.19. The summed E-state index contributed by atoms with van der Waals surface area (Å²) in [5.41, 5.74) is 5.41. The third-order valence-electron chi connectivity index (χ3n) is 7.36. The molecule has 0 aliphatic carbocycles. The van der Waals surface area contributed by atoms with E-state index in [1.54, 1.807) is 54.9 Å². The molecule has 0 saturated carbocycles. The summed E-state index contributed by atoms with van der Waals surface area (Å²) in [7, 11) is 0. The van der Waals surface area contributed by atoms with Gasteiger partial charge in [0.05, 0.1) is 29.5 Å². The van der Waals surface area contributed by atoms with Gasteiger partial charge in [0, 0.05) is 41.3 Å². The van der Waals surface area contributed by atoms with Gasteiger partial charge in [-0.05, 0) is 60.5 Å². The number of nitrogens with one attached hydrogen (secondary N) is 4. The minimum absolute atomic E-state index is 0.0434. The molecule has 1 atom stereocenters. The van der Waals surface area contributed by atoms with Gasteiger partial charge in [0.2, 0.25) is 0 Å². The van der Waals surface area contributed by atoms with Gasteiger partial charge < -0.3 is 21.3 Å². The first-order chi connectivity index (χ1) is 20.9. The van der Waals surface area contributed by atoms with E-state index in [-0.39, 0.29) is 36.9 Å². The van der Waals surface area contributed by atoms with Gasteiger partial charge in [0.1, 0.15) is 0 Å². The number of nitrogens with zero attached hydrogens (tertiary/aromatic N) is 2. The summed E-state index contributed by atoms with van der Waals surface area (Å²) in [6.07, 6.45) is 3.30. The maximum absolute atomic E-state index is 13.4. The normalized spacial score (nSPS) is 15.8. The van der Waals surface area contributed by atoms with Crippen molar-refractivity contribution >= 4 is 46.4 Å². The number of amides is 5. The number of fused-ring (bicyclic) bond motifs is 1. The van der Waals surface area contributed by atoms with Crippen molar-refractivity contribution in [3.63, 3.8) is 0 Å². The summed E-state index contributed by atoms with van der Waals surface area (Å²) in [6, 6.07) is 24.8. The first-order valence-electron chi connectivity index (χ1n) is 13.8. The number of benzene rings is 3. The Balaban J connectivity index is 1.32. The molecule has 2 aliphatic heterocycles. The zero-order chi connectivity index (χ0) is 29.9. The third-order valence-corrected chi connectivity index (χ3v) is 7.36. The van der Waals surface area contributed by atoms with Gasteiger partial charge in [-0.3, -0.25) is 19.4 Å². The van der Waals surface area contributed by atoms with Crippen LogP contribution in [0.2, 0.25) is 0 Å². The minimum Gasteiger partial charge on any atom is -0.380 e. The largest absolute Gasteiger partial charge is 0.380 e. The number of hydrogen-bond donors (Lipinski definition) is 4. The van der Waals surface area contributed by atoms with Crippen LogP contribution in [0.25, 0.3) is 11.3 Å². The molecule has 6 rings (SSSR count). The van der Waals surface area contributed by atoms with Crippen molar-refractivity contribution < 1.29 is 19.2 Å². The lowest BCUT2D eigenvalue weighted by atomic mass is 9.98. The molecule has 1 aromatic heterocycles. The third kappa shape index (κ3) is 5.58. The molecule has 0 radical (unpaired) electrons. The van der Waals surface area contributed by atoms with Gasteiger partial charge in [0.15, 0.2) is 0 Å². The van der Waals surface area contributed by atoms with Crippen LogP contribution in [-0.4, -0.2) is 35.3 Å². The molecular weight excluding hydrogens is 544 g/mol. The van der Waals surface area contributed by atoms with Crippen LogP contribution >= 0.6 is 0 Å². The Morgan fingerprint density at radius 1 is 0.953 bits per heavy atom. The summed E-state index contributed by atoms with van der Waals surface area (Å²) in [5, 5.41) is 11.8. The molecule has 1 fully saturated rings. The summed E-state index contributed by atoms with van der Waals surface area (Å²) < 4.78 is 0. The van der Waals surface area contributed by atoms with E-state index < -0.39 is 6.03 Å². The van der Waals surface area contributed by atoms with Gasteiger partial charge in [0.25, 0.3) is 17.7 Å². The quantitative estimate of drug-likeness (QED) is 0.185. The van der Waals surface area contributed by atoms with E-state index in [1.165, 1.54) is 0 Å². The second kappa shape index (κ2) is 11.6. The Kier molecular flexibility index (Phi) is 7.40. The van der Waals surface area contributed by atoms with Crippen LogP contribution in [0.3, 0.4) is 0 Å². The van der Waals surface area contributed by atoms with Gasteiger partial charge in [-0.15, -0.1) is 0 Å². The van der Waals surface area contributed by atoms with Crippen molar-refractivity contribution in [3.05, 3.63) is 125 Å². The maximum Gasteiger partial charge on any atom is 0.329 e. The standard InChI is InChI=1S/C33H28N6O4/c1-20(22-8-3-2-4-9-22)37-31(41)23-12-13-27-26(16-23)29(32(42)38-27)30(24-10-6-14-34-18-24)35-17-21-7-5-11-25(15-21)39-28(40)19-36-33(39)43/h2-16,18,20,35H,17,19H2,1H3,(H,36,43)(H,37,41)(H,38,42)/t20-/m1/s1. The zero-order valence-electron chi connectivity index (χ0n) is 23.3. The number of imide groups is 1. The highest BCUT2D eigenvalue weighted by Gasteiger charge is 2.31. The van der Waals surface area contributed by atoms with Gasteiger partial charge in [-0.1, -0.05) is 42.5 Å². The molecule has 43 heavy (non-hydrogen) atoms. The number of carbonyl (C=O) groups excluding carboxylic acids is 4. The number of aromatic nitrogens is 1. The van der Waals surface area contributed by atoms with E-state index >= 15 is 0 Å². The number of rotatable bonds is 8. The van der Waals surface area contributed by atoms with Gasteiger partial charge in [-0.25, -0.2) is 9.69 Å². The van der Waals surface area contributed by atoms with Crippen LogP contribution in [0.4, 0.5) is 16.2 Å². The first-order valence-corrected chi connectivity index (χ1v) is 13.8. The van der Waals surface area contributed by atoms with Crippen LogP contribution in [-0.2, 0) is 16.1 Å². The Morgan fingerprint density at radius 3 is 2.53 bits per heavy atom. The monoisotopic (exact) mass is 572 g/mol. The predicted octanol–water partition coefficient (Wildman–Crippen LogP) is 4.24. The molecule has 214 valence electrons.